The third-order valence-electron chi connectivity index (χ3n) is 1.69. The first-order valence-electron chi connectivity index (χ1n) is 5.42. The van der Waals surface area contributed by atoms with Gasteiger partial charge in [-0.1, -0.05) is 25.5 Å². The van der Waals surface area contributed by atoms with Crippen molar-refractivity contribution in [2.45, 2.75) is 26.7 Å². The van der Waals surface area contributed by atoms with Gasteiger partial charge < -0.3 is 15.8 Å². The lowest BCUT2D eigenvalue weighted by atomic mass is 10.3. The number of rotatable bonds is 8. The van der Waals surface area contributed by atoms with Gasteiger partial charge in [0.2, 0.25) is 0 Å². The van der Waals surface area contributed by atoms with Crippen LogP contribution in [0.5, 0.6) is 0 Å². The summed E-state index contributed by atoms with van der Waals surface area (Å²) in [6.45, 7) is 10.5. The molecular weight excluding hydrogens is 317 g/mol. The number of hydrogen-bond donors (Lipinski definition) is 2. The molecule has 0 radical (unpaired) electrons. The zero-order valence-corrected chi connectivity index (χ0v) is 12.6. The molecule has 0 aromatic rings. The van der Waals surface area contributed by atoms with Gasteiger partial charge in [-0.2, -0.15) is 0 Å². The summed E-state index contributed by atoms with van der Waals surface area (Å²) >= 11 is 0. The van der Waals surface area contributed by atoms with E-state index < -0.39 is 0 Å². The quantitative estimate of drug-likeness (QED) is 0.233. The molecule has 0 saturated heterocycles. The number of hydrogen-bond acceptors (Lipinski definition) is 2. The summed E-state index contributed by atoms with van der Waals surface area (Å²) in [5, 5.41) is 2.99. The Morgan fingerprint density at radius 3 is 2.75 bits per heavy atom. The van der Waals surface area contributed by atoms with Gasteiger partial charge >= 0.3 is 0 Å². The normalized spacial score (nSPS) is 10.8. The minimum Gasteiger partial charge on any atom is -0.375 e. The summed E-state index contributed by atoms with van der Waals surface area (Å²) in [6.07, 6.45) is 2.22. The molecule has 4 nitrogen and oxygen atoms in total. The summed E-state index contributed by atoms with van der Waals surface area (Å²) in [5.74, 6) is 0.502. The summed E-state index contributed by atoms with van der Waals surface area (Å²) in [7, 11) is 0. The van der Waals surface area contributed by atoms with Crippen LogP contribution in [0.2, 0.25) is 0 Å². The number of ether oxygens (including phenoxy) is 1. The van der Waals surface area contributed by atoms with Crippen LogP contribution >= 0.6 is 24.0 Å². The molecule has 0 fully saturated rings. The summed E-state index contributed by atoms with van der Waals surface area (Å²) in [4.78, 5) is 4.16. The molecule has 0 unspecified atom stereocenters. The van der Waals surface area contributed by atoms with E-state index in [4.69, 9.17) is 10.5 Å². The van der Waals surface area contributed by atoms with Gasteiger partial charge in [0.15, 0.2) is 5.96 Å². The van der Waals surface area contributed by atoms with Crippen LogP contribution in [0.25, 0.3) is 0 Å². The maximum absolute atomic E-state index is 5.62. The Bertz CT molecular complexity index is 207. The fraction of sp³-hybridized carbons (Fsp3) is 0.727. The highest BCUT2D eigenvalue weighted by atomic mass is 127. The minimum absolute atomic E-state index is 0. The average Bonchev–Trinajstić information content (AvgIpc) is 2.17. The van der Waals surface area contributed by atoms with Gasteiger partial charge in [-0.05, 0) is 13.3 Å². The number of halogens is 1. The molecule has 0 heterocycles. The number of aliphatic imine (C=N–C) groups is 1. The number of nitrogens with one attached hydrogen (secondary N) is 1. The molecule has 5 heteroatoms. The van der Waals surface area contributed by atoms with Crippen LogP contribution in [0.15, 0.2) is 17.1 Å². The van der Waals surface area contributed by atoms with Gasteiger partial charge in [-0.3, -0.25) is 4.99 Å². The number of unbranched alkanes of at least 4 members (excludes halogenated alkanes) is 1. The molecule has 0 aromatic carbocycles. The van der Waals surface area contributed by atoms with Crippen molar-refractivity contribution in [3.05, 3.63) is 12.2 Å². The largest absolute Gasteiger partial charge is 0.375 e. The molecule has 0 bridgehead atoms. The zero-order valence-electron chi connectivity index (χ0n) is 10.3. The number of nitrogens with two attached hydrogens (primary N) is 1. The molecule has 0 aliphatic rings. The second-order valence-corrected chi connectivity index (χ2v) is 3.56. The molecule has 0 atom stereocenters. The van der Waals surface area contributed by atoms with Crippen LogP contribution in [0.3, 0.4) is 0 Å². The Morgan fingerprint density at radius 1 is 1.50 bits per heavy atom. The lowest BCUT2D eigenvalue weighted by Gasteiger charge is -2.06. The summed E-state index contributed by atoms with van der Waals surface area (Å²) < 4.78 is 5.30. The predicted molar refractivity (Wildman–Crippen MR) is 80.4 cm³/mol. The molecule has 0 amide bonds. The van der Waals surface area contributed by atoms with Crippen molar-refractivity contribution < 1.29 is 4.74 Å². The molecule has 3 N–H and O–H groups in total. The highest BCUT2D eigenvalue weighted by Crippen LogP contribution is 1.87. The van der Waals surface area contributed by atoms with E-state index in [0.717, 1.165) is 25.0 Å². The molecule has 0 saturated carbocycles. The van der Waals surface area contributed by atoms with Crippen molar-refractivity contribution in [3.63, 3.8) is 0 Å². The Kier molecular flexibility index (Phi) is 14.4. The fourth-order valence-corrected chi connectivity index (χ4v) is 0.911. The maximum atomic E-state index is 5.62. The van der Waals surface area contributed by atoms with E-state index in [9.17, 15) is 0 Å². The Balaban J connectivity index is 0. The molecule has 0 aromatic heterocycles. The first-order valence-corrected chi connectivity index (χ1v) is 5.42. The lowest BCUT2D eigenvalue weighted by Crippen LogP contribution is -2.34. The average molecular weight is 341 g/mol. The highest BCUT2D eigenvalue weighted by Gasteiger charge is 1.91. The standard InChI is InChI=1S/C11H23N3O.HI/c1-4-5-6-13-11(12)14-7-8-15-9-10(2)3;/h2,4-9H2,1,3H3,(H3,12,13,14);1H. The molecule has 0 spiro atoms. The second-order valence-electron chi connectivity index (χ2n) is 3.56. The summed E-state index contributed by atoms with van der Waals surface area (Å²) in [5.41, 5.74) is 6.65. The van der Waals surface area contributed by atoms with Crippen molar-refractivity contribution in [3.8, 4) is 0 Å². The van der Waals surface area contributed by atoms with Gasteiger partial charge in [0.05, 0.1) is 13.2 Å². The molecule has 0 aliphatic carbocycles. The van der Waals surface area contributed by atoms with Crippen molar-refractivity contribution in [1.29, 1.82) is 0 Å². The molecule has 96 valence electrons. The van der Waals surface area contributed by atoms with Crippen LogP contribution in [0.4, 0.5) is 0 Å². The van der Waals surface area contributed by atoms with Crippen molar-refractivity contribution in [2.75, 3.05) is 26.3 Å². The van der Waals surface area contributed by atoms with Gasteiger partial charge in [0, 0.05) is 13.1 Å². The Hall–Kier alpha value is -0.300. The SMILES string of the molecule is C=C(C)COCCNC(N)=NCCCC.I. The van der Waals surface area contributed by atoms with E-state index in [0.29, 0.717) is 25.7 Å². The van der Waals surface area contributed by atoms with Crippen LogP contribution < -0.4 is 11.1 Å². The van der Waals surface area contributed by atoms with Crippen molar-refractivity contribution in [2.24, 2.45) is 10.7 Å². The Labute approximate surface area is 116 Å². The Morgan fingerprint density at radius 2 is 2.19 bits per heavy atom. The van der Waals surface area contributed by atoms with Crippen LogP contribution in [-0.4, -0.2) is 32.3 Å². The van der Waals surface area contributed by atoms with Gasteiger partial charge in [-0.25, -0.2) is 0 Å². The summed E-state index contributed by atoms with van der Waals surface area (Å²) in [6, 6.07) is 0. The third-order valence-corrected chi connectivity index (χ3v) is 1.69. The first kappa shape index (κ1) is 18.1. The van der Waals surface area contributed by atoms with E-state index in [1.165, 1.54) is 0 Å². The van der Waals surface area contributed by atoms with E-state index in [-0.39, 0.29) is 24.0 Å². The molecular formula is C11H24IN3O. The molecule has 0 rings (SSSR count). The van der Waals surface area contributed by atoms with Gasteiger partial charge in [0.25, 0.3) is 0 Å². The van der Waals surface area contributed by atoms with Crippen LogP contribution in [0, 0.1) is 0 Å². The number of guanidine groups is 1. The zero-order chi connectivity index (χ0) is 11.5. The first-order chi connectivity index (χ1) is 7.16. The molecule has 0 aliphatic heterocycles. The lowest BCUT2D eigenvalue weighted by molar-refractivity contribution is 0.161. The second kappa shape index (κ2) is 12.8. The number of nitrogens with zero attached hydrogens (tertiary/aromatic N) is 1. The topological polar surface area (TPSA) is 59.6 Å². The minimum atomic E-state index is 0. The predicted octanol–water partition coefficient (Wildman–Crippen LogP) is 1.90. The van der Waals surface area contributed by atoms with E-state index in [1.807, 2.05) is 6.92 Å². The van der Waals surface area contributed by atoms with Crippen LogP contribution in [0.1, 0.15) is 26.7 Å². The highest BCUT2D eigenvalue weighted by molar-refractivity contribution is 14.0. The van der Waals surface area contributed by atoms with Crippen molar-refractivity contribution >= 4 is 29.9 Å². The third kappa shape index (κ3) is 13.7. The van der Waals surface area contributed by atoms with Gasteiger partial charge in [0.1, 0.15) is 0 Å². The smallest absolute Gasteiger partial charge is 0.188 e. The van der Waals surface area contributed by atoms with Gasteiger partial charge in [-0.15, -0.1) is 24.0 Å². The maximum Gasteiger partial charge on any atom is 0.188 e. The van der Waals surface area contributed by atoms with Crippen molar-refractivity contribution in [1.82, 2.24) is 5.32 Å². The van der Waals surface area contributed by atoms with E-state index >= 15 is 0 Å². The molecule has 16 heavy (non-hydrogen) atoms. The fourth-order valence-electron chi connectivity index (χ4n) is 0.911. The van der Waals surface area contributed by atoms with E-state index in [2.05, 4.69) is 23.8 Å². The van der Waals surface area contributed by atoms with E-state index in [1.54, 1.807) is 0 Å². The monoisotopic (exact) mass is 341 g/mol. The van der Waals surface area contributed by atoms with Crippen LogP contribution in [-0.2, 0) is 4.74 Å².